The summed E-state index contributed by atoms with van der Waals surface area (Å²) in [6, 6.07) is 7.47. The van der Waals surface area contributed by atoms with E-state index in [1.165, 1.54) is 0 Å². The molecule has 2 aromatic rings. The van der Waals surface area contributed by atoms with Gasteiger partial charge in [-0.3, -0.25) is 4.79 Å². The lowest BCUT2D eigenvalue weighted by atomic mass is 9.92. The van der Waals surface area contributed by atoms with Crippen LogP contribution in [0.3, 0.4) is 0 Å². The van der Waals surface area contributed by atoms with E-state index < -0.39 is 0 Å². The van der Waals surface area contributed by atoms with Gasteiger partial charge in [0.05, 0.1) is 10.7 Å². The van der Waals surface area contributed by atoms with Crippen molar-refractivity contribution < 1.29 is 4.79 Å². The molecule has 1 fully saturated rings. The molecule has 7 heteroatoms. The maximum absolute atomic E-state index is 13.0. The monoisotopic (exact) mass is 361 g/mol. The maximum atomic E-state index is 13.0. The van der Waals surface area contributed by atoms with Crippen molar-refractivity contribution in [3.05, 3.63) is 40.9 Å². The van der Waals surface area contributed by atoms with E-state index in [2.05, 4.69) is 17.0 Å². The summed E-state index contributed by atoms with van der Waals surface area (Å²) in [5.41, 5.74) is 6.62. The molecular weight excluding hydrogens is 338 g/mol. The predicted octanol–water partition coefficient (Wildman–Crippen LogP) is 2.68. The minimum atomic E-state index is -0.150. The number of piperidine rings is 1. The van der Waals surface area contributed by atoms with Gasteiger partial charge in [-0.1, -0.05) is 37.6 Å². The van der Waals surface area contributed by atoms with Gasteiger partial charge >= 0.3 is 0 Å². The molecule has 0 aliphatic carbocycles. The number of nitrogens with zero attached hydrogens (tertiary/aromatic N) is 4. The number of carbonyl (C=O) groups is 1. The van der Waals surface area contributed by atoms with Gasteiger partial charge < -0.3 is 10.6 Å². The standard InChI is InChI=1S/C18H24ClN5O/c1-3-16-21-17(22-24(16)15-7-5-4-6-14(15)19)18(25)23-9-8-12(2)10-13(23)11-20/h4-7,12-13H,3,8-11,20H2,1-2H3. The number of carbonyl (C=O) groups excluding carboxylic acids is 1. The van der Waals surface area contributed by atoms with Gasteiger partial charge in [0.1, 0.15) is 5.82 Å². The largest absolute Gasteiger partial charge is 0.332 e. The third-order valence-corrected chi connectivity index (χ3v) is 5.09. The second-order valence-corrected chi connectivity index (χ2v) is 6.99. The Morgan fingerprint density at radius 3 is 2.84 bits per heavy atom. The molecule has 2 unspecified atom stereocenters. The minimum absolute atomic E-state index is 0.0496. The lowest BCUT2D eigenvalue weighted by Gasteiger charge is -2.37. The van der Waals surface area contributed by atoms with E-state index in [-0.39, 0.29) is 17.8 Å². The fourth-order valence-electron chi connectivity index (χ4n) is 3.35. The minimum Gasteiger partial charge on any atom is -0.332 e. The van der Waals surface area contributed by atoms with Crippen LogP contribution in [0.1, 0.15) is 43.1 Å². The Kier molecular flexibility index (Phi) is 5.39. The number of para-hydroxylation sites is 1. The Hall–Kier alpha value is -1.92. The van der Waals surface area contributed by atoms with E-state index in [1.807, 2.05) is 30.0 Å². The van der Waals surface area contributed by atoms with Crippen molar-refractivity contribution in [2.45, 2.75) is 39.2 Å². The van der Waals surface area contributed by atoms with Gasteiger partial charge in [-0.05, 0) is 30.9 Å². The summed E-state index contributed by atoms with van der Waals surface area (Å²) in [7, 11) is 0. The zero-order valence-electron chi connectivity index (χ0n) is 14.7. The van der Waals surface area contributed by atoms with Crippen LogP contribution in [0.15, 0.2) is 24.3 Å². The van der Waals surface area contributed by atoms with Crippen LogP contribution in [0.25, 0.3) is 5.69 Å². The first-order valence-corrected chi connectivity index (χ1v) is 9.14. The molecule has 1 aliphatic rings. The van der Waals surface area contributed by atoms with Crippen LogP contribution >= 0.6 is 11.6 Å². The molecule has 1 amide bonds. The lowest BCUT2D eigenvalue weighted by Crippen LogP contribution is -2.49. The smallest absolute Gasteiger partial charge is 0.293 e. The lowest BCUT2D eigenvalue weighted by molar-refractivity contribution is 0.0561. The fourth-order valence-corrected chi connectivity index (χ4v) is 3.57. The van der Waals surface area contributed by atoms with Gasteiger partial charge in [0.25, 0.3) is 5.91 Å². The molecule has 2 heterocycles. The van der Waals surface area contributed by atoms with E-state index >= 15 is 0 Å². The Morgan fingerprint density at radius 1 is 1.40 bits per heavy atom. The quantitative estimate of drug-likeness (QED) is 0.908. The van der Waals surface area contributed by atoms with Crippen molar-refractivity contribution in [2.24, 2.45) is 11.7 Å². The van der Waals surface area contributed by atoms with Crippen molar-refractivity contribution in [1.29, 1.82) is 0 Å². The SMILES string of the molecule is CCc1nc(C(=O)N2CCC(C)CC2CN)nn1-c1ccccc1Cl. The van der Waals surface area contributed by atoms with Crippen LogP contribution in [0.2, 0.25) is 5.02 Å². The summed E-state index contributed by atoms with van der Waals surface area (Å²) in [5.74, 6) is 1.36. The highest BCUT2D eigenvalue weighted by Crippen LogP contribution is 2.24. The molecule has 1 aromatic carbocycles. The second kappa shape index (κ2) is 7.54. The summed E-state index contributed by atoms with van der Waals surface area (Å²) < 4.78 is 1.67. The highest BCUT2D eigenvalue weighted by Gasteiger charge is 2.32. The first-order valence-electron chi connectivity index (χ1n) is 8.77. The molecule has 25 heavy (non-hydrogen) atoms. The molecule has 3 rings (SSSR count). The molecular formula is C18H24ClN5O. The average molecular weight is 362 g/mol. The van der Waals surface area contributed by atoms with Crippen LogP contribution < -0.4 is 5.73 Å². The van der Waals surface area contributed by atoms with Crippen molar-refractivity contribution in [3.8, 4) is 5.69 Å². The number of halogens is 1. The van der Waals surface area contributed by atoms with Crippen molar-refractivity contribution >= 4 is 17.5 Å². The molecule has 1 aliphatic heterocycles. The van der Waals surface area contributed by atoms with Crippen molar-refractivity contribution in [3.63, 3.8) is 0 Å². The number of nitrogens with two attached hydrogens (primary N) is 1. The molecule has 2 atom stereocenters. The molecule has 2 N–H and O–H groups in total. The molecule has 134 valence electrons. The third-order valence-electron chi connectivity index (χ3n) is 4.77. The van der Waals surface area contributed by atoms with E-state index in [9.17, 15) is 4.79 Å². The number of aryl methyl sites for hydroxylation is 1. The van der Waals surface area contributed by atoms with Crippen LogP contribution in [-0.2, 0) is 6.42 Å². The van der Waals surface area contributed by atoms with Gasteiger partial charge in [0, 0.05) is 25.6 Å². The molecule has 0 saturated carbocycles. The van der Waals surface area contributed by atoms with Gasteiger partial charge in [0.2, 0.25) is 5.82 Å². The van der Waals surface area contributed by atoms with Gasteiger partial charge in [-0.15, -0.1) is 5.10 Å². The summed E-state index contributed by atoms with van der Waals surface area (Å²) in [6.45, 7) is 5.34. The molecule has 0 spiro atoms. The van der Waals surface area contributed by atoms with Gasteiger partial charge in [0.15, 0.2) is 0 Å². The van der Waals surface area contributed by atoms with Crippen LogP contribution in [-0.4, -0.2) is 44.7 Å². The van der Waals surface area contributed by atoms with Crippen LogP contribution in [0, 0.1) is 5.92 Å². The Balaban J connectivity index is 1.93. The van der Waals surface area contributed by atoms with Crippen LogP contribution in [0.5, 0.6) is 0 Å². The Bertz CT molecular complexity index is 760. The number of hydrogen-bond donors (Lipinski definition) is 1. The number of amides is 1. The highest BCUT2D eigenvalue weighted by atomic mass is 35.5. The normalized spacial score (nSPS) is 20.7. The average Bonchev–Trinajstić information content (AvgIpc) is 3.05. The molecule has 1 saturated heterocycles. The number of rotatable bonds is 4. The fraction of sp³-hybridized carbons (Fsp3) is 0.500. The molecule has 0 radical (unpaired) electrons. The Morgan fingerprint density at radius 2 is 2.16 bits per heavy atom. The predicted molar refractivity (Wildman–Crippen MR) is 98.0 cm³/mol. The summed E-state index contributed by atoms with van der Waals surface area (Å²) in [6.07, 6.45) is 2.56. The number of hydrogen-bond acceptors (Lipinski definition) is 4. The Labute approximate surface area is 153 Å². The van der Waals surface area contributed by atoms with Gasteiger partial charge in [-0.2, -0.15) is 0 Å². The highest BCUT2D eigenvalue weighted by molar-refractivity contribution is 6.32. The summed E-state index contributed by atoms with van der Waals surface area (Å²) in [5, 5.41) is 5.04. The van der Waals surface area contributed by atoms with Crippen molar-refractivity contribution in [1.82, 2.24) is 19.7 Å². The van der Waals surface area contributed by atoms with Gasteiger partial charge in [-0.25, -0.2) is 9.67 Å². The molecule has 1 aromatic heterocycles. The van der Waals surface area contributed by atoms with E-state index in [0.717, 1.165) is 18.5 Å². The topological polar surface area (TPSA) is 77.0 Å². The molecule has 0 bridgehead atoms. The first-order chi connectivity index (χ1) is 12.0. The van der Waals surface area contributed by atoms with E-state index in [4.69, 9.17) is 17.3 Å². The molecule has 6 nitrogen and oxygen atoms in total. The van der Waals surface area contributed by atoms with Crippen molar-refractivity contribution in [2.75, 3.05) is 13.1 Å². The first kappa shape index (κ1) is 17.9. The second-order valence-electron chi connectivity index (χ2n) is 6.59. The maximum Gasteiger partial charge on any atom is 0.293 e. The number of likely N-dealkylation sites (tertiary alicyclic amines) is 1. The van der Waals surface area contributed by atoms with E-state index in [0.29, 0.717) is 36.3 Å². The number of benzene rings is 1. The van der Waals surface area contributed by atoms with Crippen LogP contribution in [0.4, 0.5) is 0 Å². The van der Waals surface area contributed by atoms with E-state index in [1.54, 1.807) is 10.7 Å². The number of aromatic nitrogens is 3. The summed E-state index contributed by atoms with van der Waals surface area (Å²) >= 11 is 6.29. The third kappa shape index (κ3) is 3.55. The zero-order chi connectivity index (χ0) is 18.0. The zero-order valence-corrected chi connectivity index (χ0v) is 15.4. The summed E-state index contributed by atoms with van der Waals surface area (Å²) in [4.78, 5) is 19.3.